The van der Waals surface area contributed by atoms with E-state index in [-0.39, 0.29) is 5.82 Å². The van der Waals surface area contributed by atoms with Crippen LogP contribution < -0.4 is 5.32 Å². The van der Waals surface area contributed by atoms with Gasteiger partial charge in [-0.1, -0.05) is 18.6 Å². The Bertz CT molecular complexity index is 432. The second-order valence-electron chi connectivity index (χ2n) is 5.24. The summed E-state index contributed by atoms with van der Waals surface area (Å²) in [5, 5.41) is 4.42. The van der Waals surface area contributed by atoms with Crippen molar-refractivity contribution in [2.45, 2.75) is 41.9 Å². The maximum atomic E-state index is 13.8. The molecule has 0 bridgehead atoms. The molecule has 2 aliphatic rings. The predicted molar refractivity (Wildman–Crippen MR) is 82.6 cm³/mol. The van der Waals surface area contributed by atoms with E-state index in [1.54, 1.807) is 17.8 Å². The van der Waals surface area contributed by atoms with Crippen LogP contribution in [0.2, 0.25) is 0 Å². The fraction of sp³-hybridized carbons (Fsp3) is 0.600. The number of hydrogen-bond donors (Lipinski definition) is 1. The Morgan fingerprint density at radius 2 is 2.16 bits per heavy atom. The number of benzene rings is 1. The van der Waals surface area contributed by atoms with E-state index in [1.807, 2.05) is 6.07 Å². The lowest BCUT2D eigenvalue weighted by atomic mass is 10.0. The molecule has 0 amide bonds. The number of nitrogens with one attached hydrogen (secondary N) is 1. The molecular weight excluding hydrogens is 277 g/mol. The molecule has 1 fully saturated rings. The molecule has 1 saturated heterocycles. The van der Waals surface area contributed by atoms with Gasteiger partial charge in [0.05, 0.1) is 0 Å². The number of fused-ring (bicyclic) bond motifs is 1. The highest BCUT2D eigenvalue weighted by atomic mass is 32.2. The van der Waals surface area contributed by atoms with E-state index in [9.17, 15) is 4.39 Å². The Morgan fingerprint density at radius 3 is 3.00 bits per heavy atom. The molecule has 3 rings (SSSR count). The topological polar surface area (TPSA) is 12.0 Å². The highest BCUT2D eigenvalue weighted by molar-refractivity contribution is 8.00. The van der Waals surface area contributed by atoms with Gasteiger partial charge in [-0.15, -0.1) is 11.8 Å². The molecule has 2 heterocycles. The highest BCUT2D eigenvalue weighted by Crippen LogP contribution is 2.38. The normalized spacial score (nSPS) is 27.0. The van der Waals surface area contributed by atoms with Crippen LogP contribution in [0.1, 0.15) is 37.3 Å². The summed E-state index contributed by atoms with van der Waals surface area (Å²) in [5.41, 5.74) is 1.16. The summed E-state index contributed by atoms with van der Waals surface area (Å²) in [6.45, 7) is 1.07. The fourth-order valence-corrected chi connectivity index (χ4v) is 5.23. The summed E-state index contributed by atoms with van der Waals surface area (Å²) in [6, 6.07) is 5.83. The van der Waals surface area contributed by atoms with Crippen LogP contribution in [0.3, 0.4) is 0 Å². The Labute approximate surface area is 123 Å². The predicted octanol–water partition coefficient (Wildman–Crippen LogP) is 4.24. The van der Waals surface area contributed by atoms with Gasteiger partial charge in [-0.25, -0.2) is 4.39 Å². The summed E-state index contributed by atoms with van der Waals surface area (Å²) >= 11 is 3.75. The second kappa shape index (κ2) is 6.51. The van der Waals surface area contributed by atoms with E-state index in [0.29, 0.717) is 6.04 Å². The van der Waals surface area contributed by atoms with Gasteiger partial charge >= 0.3 is 0 Å². The van der Waals surface area contributed by atoms with Crippen LogP contribution in [0.5, 0.6) is 0 Å². The van der Waals surface area contributed by atoms with Crippen LogP contribution in [-0.2, 0) is 0 Å². The standard InChI is InChI=1S/C15H20FNS2/c16-13-6-3-5-12-14(7-9-19-15(12)13)17-10-11-4-1-2-8-18-11/h3,5-6,11,14,17H,1-2,4,7-10H2. The van der Waals surface area contributed by atoms with Gasteiger partial charge < -0.3 is 5.32 Å². The summed E-state index contributed by atoms with van der Waals surface area (Å²) < 4.78 is 13.8. The zero-order chi connectivity index (χ0) is 13.1. The summed E-state index contributed by atoms with van der Waals surface area (Å²) in [4.78, 5) is 0.863. The van der Waals surface area contributed by atoms with Crippen molar-refractivity contribution in [1.82, 2.24) is 5.32 Å². The molecular formula is C15H20FNS2. The van der Waals surface area contributed by atoms with Gasteiger partial charge in [-0.05, 0) is 42.4 Å². The lowest BCUT2D eigenvalue weighted by Gasteiger charge is -2.29. The minimum atomic E-state index is -0.0546. The molecule has 2 aliphatic heterocycles. The van der Waals surface area contributed by atoms with Crippen LogP contribution in [-0.4, -0.2) is 23.3 Å². The van der Waals surface area contributed by atoms with Crippen LogP contribution in [0, 0.1) is 5.82 Å². The van der Waals surface area contributed by atoms with Gasteiger partial charge in [-0.2, -0.15) is 11.8 Å². The molecule has 0 aromatic heterocycles. The number of thioether (sulfide) groups is 2. The molecule has 4 heteroatoms. The molecule has 1 aromatic rings. The smallest absolute Gasteiger partial charge is 0.137 e. The van der Waals surface area contributed by atoms with Gasteiger partial charge in [0.2, 0.25) is 0 Å². The Hall–Kier alpha value is -0.190. The summed E-state index contributed by atoms with van der Waals surface area (Å²) in [7, 11) is 0. The number of halogens is 1. The third kappa shape index (κ3) is 3.29. The molecule has 0 saturated carbocycles. The monoisotopic (exact) mass is 297 g/mol. The Morgan fingerprint density at radius 1 is 1.21 bits per heavy atom. The third-order valence-electron chi connectivity index (χ3n) is 3.89. The minimum absolute atomic E-state index is 0.0546. The second-order valence-corrected chi connectivity index (χ2v) is 7.76. The molecule has 2 unspecified atom stereocenters. The van der Waals surface area contributed by atoms with Crippen molar-refractivity contribution < 1.29 is 4.39 Å². The van der Waals surface area contributed by atoms with Crippen molar-refractivity contribution in [3.63, 3.8) is 0 Å². The maximum Gasteiger partial charge on any atom is 0.137 e. The largest absolute Gasteiger partial charge is 0.309 e. The van der Waals surface area contributed by atoms with Crippen LogP contribution >= 0.6 is 23.5 Å². The molecule has 1 aromatic carbocycles. The van der Waals surface area contributed by atoms with E-state index in [2.05, 4.69) is 23.1 Å². The number of rotatable bonds is 3. The SMILES string of the molecule is Fc1cccc2c1SCCC2NCC1CCCCS1. The molecule has 2 atom stereocenters. The summed E-state index contributed by atoms with van der Waals surface area (Å²) in [5.74, 6) is 2.27. The lowest BCUT2D eigenvalue weighted by Crippen LogP contribution is -2.32. The maximum absolute atomic E-state index is 13.8. The molecule has 0 spiro atoms. The van der Waals surface area contributed by atoms with Crippen molar-refractivity contribution in [3.05, 3.63) is 29.6 Å². The Kier molecular flexibility index (Phi) is 4.72. The zero-order valence-corrected chi connectivity index (χ0v) is 12.7. The Balaban J connectivity index is 1.64. The van der Waals surface area contributed by atoms with Crippen molar-refractivity contribution in [2.24, 2.45) is 0 Å². The first kappa shape index (κ1) is 13.8. The van der Waals surface area contributed by atoms with Crippen molar-refractivity contribution >= 4 is 23.5 Å². The van der Waals surface area contributed by atoms with E-state index >= 15 is 0 Å². The first-order valence-electron chi connectivity index (χ1n) is 7.11. The van der Waals surface area contributed by atoms with Crippen LogP contribution in [0.4, 0.5) is 4.39 Å². The zero-order valence-electron chi connectivity index (χ0n) is 11.0. The quantitative estimate of drug-likeness (QED) is 0.896. The van der Waals surface area contributed by atoms with E-state index < -0.39 is 0 Å². The van der Waals surface area contributed by atoms with Gasteiger partial charge in [0.1, 0.15) is 5.82 Å². The van der Waals surface area contributed by atoms with Gasteiger partial charge in [0.15, 0.2) is 0 Å². The molecule has 0 aliphatic carbocycles. The lowest BCUT2D eigenvalue weighted by molar-refractivity contribution is 0.483. The van der Waals surface area contributed by atoms with Crippen LogP contribution in [0.25, 0.3) is 0 Å². The van der Waals surface area contributed by atoms with Crippen molar-refractivity contribution in [1.29, 1.82) is 0 Å². The van der Waals surface area contributed by atoms with E-state index in [4.69, 9.17) is 0 Å². The van der Waals surface area contributed by atoms with Crippen molar-refractivity contribution in [2.75, 3.05) is 18.1 Å². The van der Waals surface area contributed by atoms with Gasteiger partial charge in [0, 0.05) is 22.7 Å². The molecule has 104 valence electrons. The first-order chi connectivity index (χ1) is 9.34. The molecule has 0 radical (unpaired) electrons. The van der Waals surface area contributed by atoms with Gasteiger partial charge in [-0.3, -0.25) is 0 Å². The van der Waals surface area contributed by atoms with Crippen molar-refractivity contribution in [3.8, 4) is 0 Å². The summed E-state index contributed by atoms with van der Waals surface area (Å²) in [6.07, 6.45) is 5.17. The highest BCUT2D eigenvalue weighted by Gasteiger charge is 2.24. The third-order valence-corrected chi connectivity index (χ3v) is 6.45. The van der Waals surface area contributed by atoms with E-state index in [0.717, 1.165) is 34.4 Å². The van der Waals surface area contributed by atoms with Gasteiger partial charge in [0.25, 0.3) is 0 Å². The average molecular weight is 297 g/mol. The van der Waals surface area contributed by atoms with Crippen LogP contribution in [0.15, 0.2) is 23.1 Å². The average Bonchev–Trinajstić information content (AvgIpc) is 2.47. The first-order valence-corrected chi connectivity index (χ1v) is 9.14. The number of hydrogen-bond acceptors (Lipinski definition) is 3. The minimum Gasteiger partial charge on any atom is -0.309 e. The van der Waals surface area contributed by atoms with E-state index in [1.165, 1.54) is 25.0 Å². The fourth-order valence-electron chi connectivity index (χ4n) is 2.84. The molecule has 19 heavy (non-hydrogen) atoms. The molecule has 1 nitrogen and oxygen atoms in total. The molecule has 1 N–H and O–H groups in total.